The Hall–Kier alpha value is -0.120. The fourth-order valence-electron chi connectivity index (χ4n) is 1.41. The van der Waals surface area contributed by atoms with Crippen LogP contribution in [0.25, 0.3) is 0 Å². The summed E-state index contributed by atoms with van der Waals surface area (Å²) in [6.07, 6.45) is 1.36. The number of nitrogens with one attached hydrogen (secondary N) is 2. The van der Waals surface area contributed by atoms with Crippen LogP contribution < -0.4 is 16.4 Å². The Labute approximate surface area is 82.5 Å². The molecule has 3 nitrogen and oxygen atoms in total. The normalized spacial score (nSPS) is 20.8. The van der Waals surface area contributed by atoms with Crippen molar-refractivity contribution in [2.75, 3.05) is 6.54 Å². The molecule has 0 aliphatic heterocycles. The van der Waals surface area contributed by atoms with Gasteiger partial charge < -0.3 is 11.1 Å². The van der Waals surface area contributed by atoms with Crippen LogP contribution in [0.4, 0.5) is 0 Å². The van der Waals surface area contributed by atoms with Gasteiger partial charge in [-0.05, 0) is 33.7 Å². The van der Waals surface area contributed by atoms with Crippen LogP contribution in [0.3, 0.4) is 0 Å². The Morgan fingerprint density at radius 2 is 1.85 bits per heavy atom. The minimum Gasteiger partial charge on any atom is -0.326 e. The number of hydrogen-bond donors (Lipinski definition) is 3. The molecule has 0 saturated heterocycles. The molecule has 0 heterocycles. The fourth-order valence-corrected chi connectivity index (χ4v) is 1.41. The van der Waals surface area contributed by atoms with Gasteiger partial charge in [0.2, 0.25) is 0 Å². The van der Waals surface area contributed by atoms with Crippen molar-refractivity contribution in [3.05, 3.63) is 0 Å². The highest BCUT2D eigenvalue weighted by Gasteiger charge is 2.27. The summed E-state index contributed by atoms with van der Waals surface area (Å²) in [5.41, 5.74) is 5.96. The fraction of sp³-hybridized carbons (Fsp3) is 1.00. The number of hydrogen-bond acceptors (Lipinski definition) is 3. The molecule has 0 aromatic carbocycles. The van der Waals surface area contributed by atoms with E-state index in [1.54, 1.807) is 0 Å². The van der Waals surface area contributed by atoms with Crippen molar-refractivity contribution < 1.29 is 0 Å². The number of rotatable bonds is 6. The molecule has 13 heavy (non-hydrogen) atoms. The third-order valence-electron chi connectivity index (χ3n) is 2.80. The van der Waals surface area contributed by atoms with Gasteiger partial charge in [-0.15, -0.1) is 0 Å². The number of nitrogens with two attached hydrogens (primary N) is 1. The van der Waals surface area contributed by atoms with Crippen LogP contribution in [0.1, 0.15) is 41.0 Å². The molecule has 0 bridgehead atoms. The first kappa shape index (κ1) is 12.9. The highest BCUT2D eigenvalue weighted by molar-refractivity contribution is 4.90. The Balaban J connectivity index is 4.10. The summed E-state index contributed by atoms with van der Waals surface area (Å²) >= 11 is 0. The summed E-state index contributed by atoms with van der Waals surface area (Å²) in [5, 5.41) is 6.83. The van der Waals surface area contributed by atoms with E-state index in [9.17, 15) is 0 Å². The van der Waals surface area contributed by atoms with Crippen LogP contribution in [-0.2, 0) is 0 Å². The minimum absolute atomic E-state index is 0.0294. The van der Waals surface area contributed by atoms with Crippen molar-refractivity contribution in [2.45, 2.75) is 58.8 Å². The second-order valence-electron chi connectivity index (χ2n) is 3.98. The molecule has 3 atom stereocenters. The van der Waals surface area contributed by atoms with E-state index in [2.05, 4.69) is 45.3 Å². The van der Waals surface area contributed by atoms with E-state index in [0.717, 1.165) is 13.0 Å². The molecule has 80 valence electrons. The molecule has 0 aliphatic rings. The first-order valence-electron chi connectivity index (χ1n) is 5.23. The van der Waals surface area contributed by atoms with E-state index < -0.39 is 0 Å². The summed E-state index contributed by atoms with van der Waals surface area (Å²) in [6.45, 7) is 11.6. The standard InChI is InChI=1S/C10H25N3/c1-6-10(5,8(3)11)13-9(4)12-7-2/h8-9,12-13H,6-7,11H2,1-5H3. The summed E-state index contributed by atoms with van der Waals surface area (Å²) in [4.78, 5) is 0. The molecule has 0 spiro atoms. The predicted molar refractivity (Wildman–Crippen MR) is 58.6 cm³/mol. The Morgan fingerprint density at radius 3 is 2.15 bits per heavy atom. The molecule has 3 unspecified atom stereocenters. The molecule has 0 saturated carbocycles. The lowest BCUT2D eigenvalue weighted by atomic mass is 9.91. The highest BCUT2D eigenvalue weighted by Crippen LogP contribution is 2.13. The monoisotopic (exact) mass is 187 g/mol. The van der Waals surface area contributed by atoms with Crippen molar-refractivity contribution in [3.8, 4) is 0 Å². The van der Waals surface area contributed by atoms with E-state index in [0.29, 0.717) is 6.17 Å². The maximum absolute atomic E-state index is 5.94. The van der Waals surface area contributed by atoms with Crippen LogP contribution in [-0.4, -0.2) is 24.3 Å². The van der Waals surface area contributed by atoms with E-state index in [-0.39, 0.29) is 11.6 Å². The second kappa shape index (κ2) is 5.58. The third-order valence-corrected chi connectivity index (χ3v) is 2.80. The van der Waals surface area contributed by atoms with Crippen molar-refractivity contribution in [1.82, 2.24) is 10.6 Å². The van der Waals surface area contributed by atoms with Crippen molar-refractivity contribution >= 4 is 0 Å². The van der Waals surface area contributed by atoms with Gasteiger partial charge in [0.15, 0.2) is 0 Å². The molecule has 0 aliphatic carbocycles. The molecule has 0 rings (SSSR count). The van der Waals surface area contributed by atoms with Crippen molar-refractivity contribution in [1.29, 1.82) is 0 Å². The molecule has 0 aromatic heterocycles. The highest BCUT2D eigenvalue weighted by atomic mass is 15.2. The van der Waals surface area contributed by atoms with Crippen LogP contribution in [0.15, 0.2) is 0 Å². The molecule has 0 aromatic rings. The summed E-state index contributed by atoms with van der Waals surface area (Å²) < 4.78 is 0. The summed E-state index contributed by atoms with van der Waals surface area (Å²) in [7, 11) is 0. The van der Waals surface area contributed by atoms with Gasteiger partial charge in [-0.3, -0.25) is 5.32 Å². The quantitative estimate of drug-likeness (QED) is 0.545. The van der Waals surface area contributed by atoms with Crippen LogP contribution in [0.5, 0.6) is 0 Å². The Morgan fingerprint density at radius 1 is 1.31 bits per heavy atom. The lowest BCUT2D eigenvalue weighted by molar-refractivity contribution is 0.247. The third kappa shape index (κ3) is 4.07. The molecule has 3 heteroatoms. The first-order chi connectivity index (χ1) is 5.96. The van der Waals surface area contributed by atoms with Crippen LogP contribution in [0.2, 0.25) is 0 Å². The summed E-state index contributed by atoms with van der Waals surface area (Å²) in [5.74, 6) is 0. The van der Waals surface area contributed by atoms with Gasteiger partial charge in [0, 0.05) is 11.6 Å². The van der Waals surface area contributed by atoms with E-state index in [1.165, 1.54) is 0 Å². The van der Waals surface area contributed by atoms with Gasteiger partial charge >= 0.3 is 0 Å². The van der Waals surface area contributed by atoms with Crippen molar-refractivity contribution in [2.24, 2.45) is 5.73 Å². The smallest absolute Gasteiger partial charge is 0.0547 e. The second-order valence-corrected chi connectivity index (χ2v) is 3.98. The van der Waals surface area contributed by atoms with E-state index in [1.807, 2.05) is 0 Å². The Kier molecular flexibility index (Phi) is 5.53. The minimum atomic E-state index is 0.0294. The molecular formula is C10H25N3. The zero-order chi connectivity index (χ0) is 10.5. The van der Waals surface area contributed by atoms with Gasteiger partial charge in [-0.2, -0.15) is 0 Å². The van der Waals surface area contributed by atoms with E-state index in [4.69, 9.17) is 5.73 Å². The topological polar surface area (TPSA) is 50.1 Å². The molecule has 0 fully saturated rings. The summed E-state index contributed by atoms with van der Waals surface area (Å²) in [6, 6.07) is 0.165. The maximum Gasteiger partial charge on any atom is 0.0547 e. The molecule has 0 amide bonds. The SMILES string of the molecule is CCNC(C)NC(C)(CC)C(C)N. The largest absolute Gasteiger partial charge is 0.326 e. The van der Waals surface area contributed by atoms with Gasteiger partial charge in [0.05, 0.1) is 6.17 Å². The van der Waals surface area contributed by atoms with Gasteiger partial charge in [0.1, 0.15) is 0 Å². The zero-order valence-corrected chi connectivity index (χ0v) is 9.65. The van der Waals surface area contributed by atoms with E-state index >= 15 is 0 Å². The first-order valence-corrected chi connectivity index (χ1v) is 5.23. The van der Waals surface area contributed by atoms with Gasteiger partial charge in [-0.25, -0.2) is 0 Å². The molecular weight excluding hydrogens is 162 g/mol. The van der Waals surface area contributed by atoms with Crippen LogP contribution in [0, 0.1) is 0 Å². The van der Waals surface area contributed by atoms with Crippen LogP contribution >= 0.6 is 0 Å². The zero-order valence-electron chi connectivity index (χ0n) is 9.65. The lowest BCUT2D eigenvalue weighted by Gasteiger charge is -2.36. The average molecular weight is 187 g/mol. The average Bonchev–Trinajstić information content (AvgIpc) is 2.04. The van der Waals surface area contributed by atoms with Gasteiger partial charge in [0.25, 0.3) is 0 Å². The van der Waals surface area contributed by atoms with Crippen molar-refractivity contribution in [3.63, 3.8) is 0 Å². The lowest BCUT2D eigenvalue weighted by Crippen LogP contribution is -2.60. The maximum atomic E-state index is 5.94. The van der Waals surface area contributed by atoms with Gasteiger partial charge in [-0.1, -0.05) is 13.8 Å². The Bertz CT molecular complexity index is 136. The molecule has 4 N–H and O–H groups in total. The predicted octanol–water partition coefficient (Wildman–Crippen LogP) is 1.05. The molecule has 0 radical (unpaired) electrons.